The minimum absolute atomic E-state index is 0. The summed E-state index contributed by atoms with van der Waals surface area (Å²) >= 11 is 0.432. The van der Waals surface area contributed by atoms with Gasteiger partial charge in [0.1, 0.15) is 0 Å². The molecule has 0 bridgehead atoms. The zero-order chi connectivity index (χ0) is 4.12. The van der Waals surface area contributed by atoms with Gasteiger partial charge in [0.15, 0.2) is 0 Å². The zero-order valence-corrected chi connectivity index (χ0v) is 5.54. The minimum atomic E-state index is 0. The molecule has 0 heterocycles. The summed E-state index contributed by atoms with van der Waals surface area (Å²) in [5, 5.41) is 2.97. The van der Waals surface area contributed by atoms with Crippen LogP contribution in [0.5, 0.6) is 0 Å². The van der Waals surface area contributed by atoms with Gasteiger partial charge in [-0.15, -0.1) is 10.6 Å². The van der Waals surface area contributed by atoms with Crippen LogP contribution in [0.3, 0.4) is 0 Å². The van der Waals surface area contributed by atoms with Crippen LogP contribution in [0.1, 0.15) is 13.8 Å². The van der Waals surface area contributed by atoms with E-state index in [-0.39, 0.29) is 29.6 Å². The Labute approximate surface area is 68.7 Å². The molecule has 0 saturated carbocycles. The molecule has 0 nitrogen and oxygen atoms in total. The summed E-state index contributed by atoms with van der Waals surface area (Å²) in [6, 6.07) is 0. The molecule has 0 aromatic heterocycles. The average Bonchev–Trinajstić information content (AvgIpc) is 1.41. The summed E-state index contributed by atoms with van der Waals surface area (Å²) in [6.07, 6.45) is 0. The molecule has 0 atom stereocenters. The van der Waals surface area contributed by atoms with E-state index in [1.54, 1.807) is 0 Å². The average molecular weight is 110 g/mol. The summed E-state index contributed by atoms with van der Waals surface area (Å²) in [6.45, 7) is 4.55. The van der Waals surface area contributed by atoms with Gasteiger partial charge < -0.3 is 0 Å². The van der Waals surface area contributed by atoms with Crippen LogP contribution in [-0.4, -0.2) is 44.8 Å². The first-order valence-electron chi connectivity index (χ1n) is 2.41. The first kappa shape index (κ1) is 10.5. The van der Waals surface area contributed by atoms with Crippen LogP contribution in [0.2, 0.25) is 10.6 Å². The van der Waals surface area contributed by atoms with E-state index in [2.05, 4.69) is 13.8 Å². The molecule has 2 heteroatoms. The molecule has 0 N–H and O–H groups in total. The van der Waals surface area contributed by atoms with Crippen LogP contribution in [0.4, 0.5) is 0 Å². The second-order valence-electron chi connectivity index (χ2n) is 1.35. The van der Waals surface area contributed by atoms with E-state index in [1.807, 2.05) is 0 Å². The van der Waals surface area contributed by atoms with Crippen LogP contribution in [0, 0.1) is 0 Å². The van der Waals surface area contributed by atoms with Crippen molar-refractivity contribution in [3.63, 3.8) is 0 Å². The third-order valence-corrected chi connectivity index (χ3v) is 2.12. The van der Waals surface area contributed by atoms with E-state index in [0.717, 1.165) is 0 Å². The van der Waals surface area contributed by atoms with Crippen LogP contribution < -0.4 is 0 Å². The molecular formula is C4H12AlNa. The van der Waals surface area contributed by atoms with E-state index in [9.17, 15) is 0 Å². The van der Waals surface area contributed by atoms with E-state index in [4.69, 9.17) is 0 Å². The maximum absolute atomic E-state index is 2.27. The van der Waals surface area contributed by atoms with Gasteiger partial charge in [-0.2, -0.15) is 0 Å². The van der Waals surface area contributed by atoms with Crippen molar-refractivity contribution < 1.29 is 0 Å². The summed E-state index contributed by atoms with van der Waals surface area (Å²) in [4.78, 5) is 0. The molecule has 0 aliphatic heterocycles. The first-order valence-corrected chi connectivity index (χ1v) is 4.41. The molecule has 0 saturated heterocycles. The van der Waals surface area contributed by atoms with Gasteiger partial charge in [-0.3, -0.25) is 0 Å². The molecule has 0 radical (unpaired) electrons. The van der Waals surface area contributed by atoms with Crippen molar-refractivity contribution in [2.75, 3.05) is 0 Å². The van der Waals surface area contributed by atoms with Crippen LogP contribution >= 0.6 is 0 Å². The SMILES string of the molecule is C[CH2][AlH][CH2]C.[NaH]. The Hall–Kier alpha value is 1.53. The second kappa shape index (κ2) is 9.73. The van der Waals surface area contributed by atoms with Crippen molar-refractivity contribution in [1.29, 1.82) is 0 Å². The van der Waals surface area contributed by atoms with Crippen molar-refractivity contribution >= 4 is 44.8 Å². The molecule has 0 aromatic carbocycles. The van der Waals surface area contributed by atoms with Crippen molar-refractivity contribution in [3.05, 3.63) is 0 Å². The molecule has 0 rings (SSSR count). The van der Waals surface area contributed by atoms with Crippen LogP contribution in [0.15, 0.2) is 0 Å². The molecule has 0 unspecified atom stereocenters. The zero-order valence-electron chi connectivity index (χ0n) is 4.12. The fraction of sp³-hybridized carbons (Fsp3) is 1.00. The predicted molar refractivity (Wildman–Crippen MR) is 35.3 cm³/mol. The Morgan fingerprint density at radius 1 is 1.17 bits per heavy atom. The Balaban J connectivity index is 0. The van der Waals surface area contributed by atoms with Crippen LogP contribution in [-0.2, 0) is 0 Å². The standard InChI is InChI=1S/2C2H5.Al.Na.2H/c2*1-2;;;;/h2*1H2,2H3;;;;. The first-order chi connectivity index (χ1) is 2.41. The topological polar surface area (TPSA) is 0 Å². The van der Waals surface area contributed by atoms with Gasteiger partial charge in [0.25, 0.3) is 0 Å². The molecule has 32 valence electrons. The number of rotatable bonds is 2. The van der Waals surface area contributed by atoms with Crippen LogP contribution in [0.25, 0.3) is 0 Å². The molecular weight excluding hydrogens is 98.0 g/mol. The Bertz CT molecular complexity index is 15.0. The van der Waals surface area contributed by atoms with Gasteiger partial charge in [0.2, 0.25) is 15.2 Å². The summed E-state index contributed by atoms with van der Waals surface area (Å²) in [7, 11) is 0. The molecule has 0 spiro atoms. The quantitative estimate of drug-likeness (QED) is 0.458. The Kier molecular flexibility index (Phi) is 17.0. The Morgan fingerprint density at radius 3 is 1.50 bits per heavy atom. The molecule has 0 amide bonds. The molecule has 0 aliphatic rings. The van der Waals surface area contributed by atoms with Crippen molar-refractivity contribution in [2.45, 2.75) is 24.4 Å². The van der Waals surface area contributed by atoms with Crippen molar-refractivity contribution in [1.82, 2.24) is 0 Å². The monoisotopic (exact) mass is 110 g/mol. The number of hydrogen-bond acceptors (Lipinski definition) is 0. The van der Waals surface area contributed by atoms with E-state index >= 15 is 0 Å². The van der Waals surface area contributed by atoms with Crippen molar-refractivity contribution in [3.8, 4) is 0 Å². The van der Waals surface area contributed by atoms with Gasteiger partial charge >= 0.3 is 29.6 Å². The summed E-state index contributed by atoms with van der Waals surface area (Å²) in [5.41, 5.74) is 0. The Morgan fingerprint density at radius 2 is 1.50 bits per heavy atom. The van der Waals surface area contributed by atoms with Crippen molar-refractivity contribution in [2.24, 2.45) is 0 Å². The molecule has 0 aromatic rings. The third kappa shape index (κ3) is 9.11. The van der Waals surface area contributed by atoms with Gasteiger partial charge in [-0.05, 0) is 0 Å². The number of hydrogen-bond donors (Lipinski definition) is 0. The fourth-order valence-corrected chi connectivity index (χ4v) is 1.06. The van der Waals surface area contributed by atoms with E-state index < -0.39 is 0 Å². The summed E-state index contributed by atoms with van der Waals surface area (Å²) < 4.78 is 0. The maximum atomic E-state index is 2.27. The van der Waals surface area contributed by atoms with Gasteiger partial charge in [-0.25, -0.2) is 0 Å². The molecule has 0 fully saturated rings. The van der Waals surface area contributed by atoms with Gasteiger partial charge in [0, 0.05) is 0 Å². The van der Waals surface area contributed by atoms with Gasteiger partial charge in [-0.1, -0.05) is 13.8 Å². The second-order valence-corrected chi connectivity index (χ2v) is 4.06. The van der Waals surface area contributed by atoms with Gasteiger partial charge in [0.05, 0.1) is 0 Å². The van der Waals surface area contributed by atoms with E-state index in [0.29, 0.717) is 15.2 Å². The summed E-state index contributed by atoms with van der Waals surface area (Å²) in [5.74, 6) is 0. The molecule has 6 heavy (non-hydrogen) atoms. The predicted octanol–water partition coefficient (Wildman–Crippen LogP) is 0.651. The van der Waals surface area contributed by atoms with E-state index in [1.165, 1.54) is 10.6 Å². The fourth-order valence-electron chi connectivity index (χ4n) is 0.354. The molecule has 0 aliphatic carbocycles. The third-order valence-electron chi connectivity index (χ3n) is 0.707. The normalized spacial score (nSPS) is 6.33.